The molecule has 0 bridgehead atoms. The first-order valence-electron chi connectivity index (χ1n) is 8.52. The molecular weight excluding hydrogens is 430 g/mol. The van der Waals surface area contributed by atoms with E-state index in [0.29, 0.717) is 22.7 Å². The number of carbonyl (C=O) groups excluding carboxylic acids is 2. The number of esters is 2. The highest BCUT2D eigenvalue weighted by Crippen LogP contribution is 2.22. The Labute approximate surface area is 169 Å². The summed E-state index contributed by atoms with van der Waals surface area (Å²) in [5.41, 5.74) is 2.29. The number of benzene rings is 1. The Morgan fingerprint density at radius 3 is 2.50 bits per heavy atom. The Kier molecular flexibility index (Phi) is 5.93. The molecule has 0 unspecified atom stereocenters. The van der Waals surface area contributed by atoms with Crippen LogP contribution in [0.4, 0.5) is 0 Å². The number of nitrogens with zero attached hydrogens (tertiary/aromatic N) is 2. The Bertz CT molecular complexity index is 1010. The number of H-pyrrole nitrogens is 1. The van der Waals surface area contributed by atoms with E-state index in [2.05, 4.69) is 31.1 Å². The summed E-state index contributed by atoms with van der Waals surface area (Å²) in [6, 6.07) is 7.37. The van der Waals surface area contributed by atoms with Crippen molar-refractivity contribution >= 4 is 27.9 Å². The Morgan fingerprint density at radius 2 is 1.82 bits per heavy atom. The second-order valence-electron chi connectivity index (χ2n) is 5.93. The van der Waals surface area contributed by atoms with Crippen molar-refractivity contribution in [2.75, 3.05) is 6.61 Å². The molecule has 0 fully saturated rings. The number of halogens is 1. The van der Waals surface area contributed by atoms with Crippen LogP contribution in [0.15, 0.2) is 33.2 Å². The number of ether oxygens (including phenoxy) is 2. The van der Waals surface area contributed by atoms with Crippen LogP contribution < -0.4 is 0 Å². The van der Waals surface area contributed by atoms with Gasteiger partial charge >= 0.3 is 11.9 Å². The van der Waals surface area contributed by atoms with Crippen molar-refractivity contribution in [2.24, 2.45) is 0 Å². The number of rotatable bonds is 6. The smallest absolute Gasteiger partial charge is 0.355 e. The molecule has 2 heterocycles. The van der Waals surface area contributed by atoms with Gasteiger partial charge in [0.25, 0.3) is 5.89 Å². The molecule has 28 heavy (non-hydrogen) atoms. The van der Waals surface area contributed by atoms with Gasteiger partial charge in [0.05, 0.1) is 12.2 Å². The molecule has 0 aliphatic heterocycles. The van der Waals surface area contributed by atoms with Gasteiger partial charge in [-0.1, -0.05) is 15.9 Å². The van der Waals surface area contributed by atoms with Crippen LogP contribution in [0.1, 0.15) is 44.9 Å². The van der Waals surface area contributed by atoms with Crippen LogP contribution in [-0.2, 0) is 16.1 Å². The standard InChI is InChI=1S/C19H18BrN3O5/c1-4-26-18(24)15-10(2)16(21-11(15)3)19(25)27-9-14-22-23-17(28-14)12-5-7-13(20)8-6-12/h5-8,21H,4,9H2,1-3H3. The van der Waals surface area contributed by atoms with Crippen molar-refractivity contribution in [1.82, 2.24) is 15.2 Å². The van der Waals surface area contributed by atoms with Gasteiger partial charge < -0.3 is 18.9 Å². The van der Waals surface area contributed by atoms with E-state index in [0.717, 1.165) is 10.0 Å². The summed E-state index contributed by atoms with van der Waals surface area (Å²) in [6.45, 7) is 5.13. The van der Waals surface area contributed by atoms with E-state index in [9.17, 15) is 9.59 Å². The lowest BCUT2D eigenvalue weighted by Gasteiger charge is -2.03. The van der Waals surface area contributed by atoms with E-state index in [1.807, 2.05) is 24.3 Å². The van der Waals surface area contributed by atoms with Crippen LogP contribution in [0.3, 0.4) is 0 Å². The highest BCUT2D eigenvalue weighted by atomic mass is 79.9. The van der Waals surface area contributed by atoms with Crippen LogP contribution in [-0.4, -0.2) is 33.7 Å². The van der Waals surface area contributed by atoms with Crippen LogP contribution in [0.2, 0.25) is 0 Å². The molecule has 2 aromatic heterocycles. The largest absolute Gasteiger partial charge is 0.462 e. The third-order valence-electron chi connectivity index (χ3n) is 4.01. The maximum Gasteiger partial charge on any atom is 0.355 e. The lowest BCUT2D eigenvalue weighted by Crippen LogP contribution is -2.09. The minimum atomic E-state index is -0.625. The van der Waals surface area contributed by atoms with E-state index in [1.165, 1.54) is 0 Å². The van der Waals surface area contributed by atoms with E-state index in [-0.39, 0.29) is 24.8 Å². The normalized spacial score (nSPS) is 10.7. The molecule has 3 aromatic rings. The van der Waals surface area contributed by atoms with Crippen molar-refractivity contribution in [3.05, 3.63) is 57.1 Å². The first-order chi connectivity index (χ1) is 13.4. The summed E-state index contributed by atoms with van der Waals surface area (Å²) in [4.78, 5) is 27.3. The average Bonchev–Trinajstić information content (AvgIpc) is 3.25. The lowest BCUT2D eigenvalue weighted by atomic mass is 10.1. The second-order valence-corrected chi connectivity index (χ2v) is 6.85. The van der Waals surface area contributed by atoms with Crippen molar-refractivity contribution in [3.63, 3.8) is 0 Å². The SMILES string of the molecule is CCOC(=O)c1c(C)[nH]c(C(=O)OCc2nnc(-c3ccc(Br)cc3)o2)c1C. The summed E-state index contributed by atoms with van der Waals surface area (Å²) in [5.74, 6) is -0.615. The molecule has 0 aliphatic carbocycles. The molecule has 3 rings (SSSR count). The fourth-order valence-corrected chi connectivity index (χ4v) is 2.95. The van der Waals surface area contributed by atoms with Gasteiger partial charge in [0.2, 0.25) is 5.89 Å². The van der Waals surface area contributed by atoms with Gasteiger partial charge in [-0.3, -0.25) is 0 Å². The molecule has 8 nitrogen and oxygen atoms in total. The number of aryl methyl sites for hydroxylation is 1. The van der Waals surface area contributed by atoms with Crippen molar-refractivity contribution < 1.29 is 23.5 Å². The van der Waals surface area contributed by atoms with E-state index in [1.54, 1.807) is 20.8 Å². The van der Waals surface area contributed by atoms with Crippen LogP contribution >= 0.6 is 15.9 Å². The number of nitrogens with one attached hydrogen (secondary N) is 1. The molecule has 0 amide bonds. The number of hydrogen-bond donors (Lipinski definition) is 1. The molecule has 0 spiro atoms. The highest BCUT2D eigenvalue weighted by molar-refractivity contribution is 9.10. The molecule has 0 aliphatic rings. The quantitative estimate of drug-likeness (QED) is 0.569. The zero-order valence-electron chi connectivity index (χ0n) is 15.5. The van der Waals surface area contributed by atoms with Gasteiger partial charge in [0, 0.05) is 15.7 Å². The molecule has 0 saturated heterocycles. The predicted molar refractivity (Wildman–Crippen MR) is 103 cm³/mol. The molecule has 0 saturated carbocycles. The zero-order valence-corrected chi connectivity index (χ0v) is 17.1. The van der Waals surface area contributed by atoms with Crippen molar-refractivity contribution in [3.8, 4) is 11.5 Å². The number of aromatic amines is 1. The minimum Gasteiger partial charge on any atom is -0.462 e. The molecule has 9 heteroatoms. The summed E-state index contributed by atoms with van der Waals surface area (Å²) >= 11 is 3.36. The Morgan fingerprint density at radius 1 is 1.11 bits per heavy atom. The van der Waals surface area contributed by atoms with Gasteiger partial charge in [-0.25, -0.2) is 9.59 Å². The molecule has 0 atom stereocenters. The first kappa shape index (κ1) is 19.8. The molecule has 0 radical (unpaired) electrons. The molecule has 1 N–H and O–H groups in total. The van der Waals surface area contributed by atoms with E-state index < -0.39 is 11.9 Å². The fourth-order valence-electron chi connectivity index (χ4n) is 2.68. The second kappa shape index (κ2) is 8.39. The monoisotopic (exact) mass is 447 g/mol. The van der Waals surface area contributed by atoms with Crippen molar-refractivity contribution in [2.45, 2.75) is 27.4 Å². The minimum absolute atomic E-state index is 0.165. The third-order valence-corrected chi connectivity index (χ3v) is 4.53. The van der Waals surface area contributed by atoms with Gasteiger partial charge in [0.15, 0.2) is 6.61 Å². The number of aromatic nitrogens is 3. The molecule has 146 valence electrons. The molecular formula is C19H18BrN3O5. The fraction of sp³-hybridized carbons (Fsp3) is 0.263. The van der Waals surface area contributed by atoms with Crippen LogP contribution in [0.25, 0.3) is 11.5 Å². The van der Waals surface area contributed by atoms with Gasteiger partial charge in [-0.05, 0) is 50.6 Å². The van der Waals surface area contributed by atoms with Gasteiger partial charge in [-0.15, -0.1) is 10.2 Å². The maximum absolute atomic E-state index is 12.4. The summed E-state index contributed by atoms with van der Waals surface area (Å²) in [7, 11) is 0. The predicted octanol–water partition coefficient (Wildman–Crippen LogP) is 3.98. The summed E-state index contributed by atoms with van der Waals surface area (Å²) in [6.07, 6.45) is 0. The van der Waals surface area contributed by atoms with Crippen molar-refractivity contribution in [1.29, 1.82) is 0 Å². The summed E-state index contributed by atoms with van der Waals surface area (Å²) < 4.78 is 16.7. The molecule has 1 aromatic carbocycles. The van der Waals surface area contributed by atoms with Gasteiger partial charge in [-0.2, -0.15) is 0 Å². The first-order valence-corrected chi connectivity index (χ1v) is 9.31. The highest BCUT2D eigenvalue weighted by Gasteiger charge is 2.24. The summed E-state index contributed by atoms with van der Waals surface area (Å²) in [5, 5.41) is 7.84. The van der Waals surface area contributed by atoms with E-state index in [4.69, 9.17) is 13.9 Å². The lowest BCUT2D eigenvalue weighted by molar-refractivity contribution is 0.0431. The Hall–Kier alpha value is -2.94. The third kappa shape index (κ3) is 4.14. The number of carbonyl (C=O) groups is 2. The zero-order chi connectivity index (χ0) is 20.3. The van der Waals surface area contributed by atoms with Crippen LogP contribution in [0, 0.1) is 13.8 Å². The number of hydrogen-bond acceptors (Lipinski definition) is 7. The Balaban J connectivity index is 1.69. The maximum atomic E-state index is 12.4. The van der Waals surface area contributed by atoms with Crippen LogP contribution in [0.5, 0.6) is 0 Å². The van der Waals surface area contributed by atoms with Gasteiger partial charge in [0.1, 0.15) is 5.69 Å². The van der Waals surface area contributed by atoms with E-state index >= 15 is 0 Å². The average molecular weight is 448 g/mol. The topological polar surface area (TPSA) is 107 Å².